The summed E-state index contributed by atoms with van der Waals surface area (Å²) in [4.78, 5) is 15.7. The molecule has 4 aliphatic rings. The normalized spacial score (nSPS) is 24.9. The highest BCUT2D eigenvalue weighted by atomic mass is 16.7. The molecule has 0 saturated heterocycles. The zero-order valence-corrected chi connectivity index (χ0v) is 14.7. The first kappa shape index (κ1) is 15.3. The van der Waals surface area contributed by atoms with Gasteiger partial charge in [-0.25, -0.2) is 0 Å². The molecule has 0 saturated carbocycles. The van der Waals surface area contributed by atoms with Gasteiger partial charge in [-0.05, 0) is 43.3 Å². The maximum absolute atomic E-state index is 13.7. The number of ether oxygens (including phenoxy) is 5. The van der Waals surface area contributed by atoms with Crippen molar-refractivity contribution in [3.8, 4) is 23.0 Å². The molecule has 7 heteroatoms. The van der Waals surface area contributed by atoms with E-state index in [0.29, 0.717) is 29.4 Å². The highest BCUT2D eigenvalue weighted by molar-refractivity contribution is 6.05. The third-order valence-corrected chi connectivity index (χ3v) is 5.84. The number of hydrogen-bond acceptors (Lipinski definition) is 7. The summed E-state index contributed by atoms with van der Waals surface area (Å²) in [6, 6.07) is 7.47. The number of ketones is 1. The molecule has 4 heterocycles. The van der Waals surface area contributed by atoms with Gasteiger partial charge in [-0.3, -0.25) is 9.69 Å². The highest BCUT2D eigenvalue weighted by Crippen LogP contribution is 2.49. The Bertz CT molecular complexity index is 1000. The van der Waals surface area contributed by atoms with Crippen LogP contribution >= 0.6 is 0 Å². The van der Waals surface area contributed by atoms with Crippen molar-refractivity contribution in [3.05, 3.63) is 46.5 Å². The van der Waals surface area contributed by atoms with E-state index in [0.717, 1.165) is 28.9 Å². The number of fused-ring (bicyclic) bond motifs is 6. The van der Waals surface area contributed by atoms with Crippen molar-refractivity contribution < 1.29 is 28.5 Å². The van der Waals surface area contributed by atoms with Crippen LogP contribution < -0.4 is 18.9 Å². The second kappa shape index (κ2) is 5.15. The Balaban J connectivity index is 1.55. The summed E-state index contributed by atoms with van der Waals surface area (Å²) in [5.41, 5.74) is 2.07. The molecule has 0 amide bonds. The lowest BCUT2D eigenvalue weighted by Crippen LogP contribution is -2.57. The molecule has 27 heavy (non-hydrogen) atoms. The maximum Gasteiger partial charge on any atom is 0.231 e. The number of Topliss-reactive ketones (excluding diaryl/α,β-unsaturated/α-hetero) is 1. The van der Waals surface area contributed by atoms with Gasteiger partial charge in [0.05, 0.1) is 6.61 Å². The lowest BCUT2D eigenvalue weighted by molar-refractivity contribution is -0.140. The topological polar surface area (TPSA) is 66.5 Å². The van der Waals surface area contributed by atoms with Gasteiger partial charge in [0.25, 0.3) is 0 Å². The standard InChI is InChI=1S/C20H17NO6/c1-21-5-4-11-6-16-17(25-9-24-16)7-14(11)20(21)19(22)12-2-3-15-18(26-10-23-15)13(12)8-27-20/h2-3,6-7H,4-5,8-10H2,1H3/t20-/m0/s1. The van der Waals surface area contributed by atoms with E-state index in [1.165, 1.54) is 0 Å². The van der Waals surface area contributed by atoms with Crippen LogP contribution in [0.15, 0.2) is 24.3 Å². The van der Waals surface area contributed by atoms with Crippen LogP contribution in [-0.4, -0.2) is 37.9 Å². The number of carbonyl (C=O) groups is 1. The molecule has 4 aliphatic heterocycles. The Hall–Kier alpha value is -2.77. The van der Waals surface area contributed by atoms with Crippen molar-refractivity contribution in [2.75, 3.05) is 27.2 Å². The number of nitrogens with zero attached hydrogens (tertiary/aromatic N) is 1. The van der Waals surface area contributed by atoms with E-state index in [4.69, 9.17) is 23.7 Å². The van der Waals surface area contributed by atoms with Crippen LogP contribution in [0, 0.1) is 0 Å². The number of likely N-dealkylation sites (N-methyl/N-ethyl adjacent to an activating group) is 1. The molecule has 0 radical (unpaired) electrons. The fraction of sp³-hybridized carbons (Fsp3) is 0.350. The summed E-state index contributed by atoms with van der Waals surface area (Å²) in [7, 11) is 1.92. The number of rotatable bonds is 0. The van der Waals surface area contributed by atoms with E-state index in [-0.39, 0.29) is 26.0 Å². The Morgan fingerprint density at radius 2 is 1.78 bits per heavy atom. The molecular formula is C20H17NO6. The third kappa shape index (κ3) is 1.85. The minimum absolute atomic E-state index is 0.0932. The van der Waals surface area contributed by atoms with E-state index in [1.807, 2.05) is 30.1 Å². The predicted molar refractivity (Wildman–Crippen MR) is 92.3 cm³/mol. The Labute approximate surface area is 155 Å². The lowest BCUT2D eigenvalue weighted by atomic mass is 9.81. The van der Waals surface area contributed by atoms with Gasteiger partial charge < -0.3 is 23.7 Å². The van der Waals surface area contributed by atoms with Crippen molar-refractivity contribution in [1.29, 1.82) is 0 Å². The number of benzene rings is 2. The minimum atomic E-state index is -1.17. The van der Waals surface area contributed by atoms with Crippen molar-refractivity contribution in [1.82, 2.24) is 4.90 Å². The molecule has 0 aliphatic carbocycles. The van der Waals surface area contributed by atoms with Gasteiger partial charge >= 0.3 is 0 Å². The van der Waals surface area contributed by atoms with Gasteiger partial charge in [-0.1, -0.05) is 0 Å². The quantitative estimate of drug-likeness (QED) is 0.707. The molecule has 0 N–H and O–H groups in total. The van der Waals surface area contributed by atoms with Gasteiger partial charge in [0.15, 0.2) is 23.0 Å². The van der Waals surface area contributed by atoms with Crippen molar-refractivity contribution in [3.63, 3.8) is 0 Å². The molecule has 138 valence electrons. The molecule has 7 nitrogen and oxygen atoms in total. The molecule has 2 aromatic rings. The predicted octanol–water partition coefficient (Wildman–Crippen LogP) is 2.20. The van der Waals surface area contributed by atoms with Crippen LogP contribution in [0.2, 0.25) is 0 Å². The largest absolute Gasteiger partial charge is 0.454 e. The first-order valence-electron chi connectivity index (χ1n) is 8.93. The van der Waals surface area contributed by atoms with E-state index in [1.54, 1.807) is 6.07 Å². The molecule has 0 aromatic heterocycles. The maximum atomic E-state index is 13.7. The number of carbonyl (C=O) groups excluding carboxylic acids is 1. The SMILES string of the molecule is CN1CCc2cc3c(cc2[C@@]12OCc1c(ccc4c1OCO4)C2=O)OCO3. The minimum Gasteiger partial charge on any atom is -0.454 e. The van der Waals surface area contributed by atoms with Crippen LogP contribution in [0.3, 0.4) is 0 Å². The summed E-state index contributed by atoms with van der Waals surface area (Å²) >= 11 is 0. The van der Waals surface area contributed by atoms with Crippen molar-refractivity contribution in [2.24, 2.45) is 0 Å². The van der Waals surface area contributed by atoms with E-state index < -0.39 is 5.72 Å². The molecular weight excluding hydrogens is 350 g/mol. The van der Waals surface area contributed by atoms with Crippen molar-refractivity contribution >= 4 is 5.78 Å². The Morgan fingerprint density at radius 3 is 2.67 bits per heavy atom. The van der Waals surface area contributed by atoms with E-state index in [9.17, 15) is 4.79 Å². The Morgan fingerprint density at radius 1 is 1.00 bits per heavy atom. The fourth-order valence-electron chi connectivity index (χ4n) is 4.45. The summed E-state index contributed by atoms with van der Waals surface area (Å²) in [5, 5.41) is 0. The van der Waals surface area contributed by atoms with Crippen LogP contribution in [-0.2, 0) is 23.5 Å². The molecule has 0 fully saturated rings. The van der Waals surface area contributed by atoms with Gasteiger partial charge in [0.2, 0.25) is 25.1 Å². The van der Waals surface area contributed by atoms with Gasteiger partial charge in [-0.15, -0.1) is 0 Å². The summed E-state index contributed by atoms with van der Waals surface area (Å²) in [5.74, 6) is 2.54. The monoisotopic (exact) mass is 367 g/mol. The summed E-state index contributed by atoms with van der Waals surface area (Å²) in [6.07, 6.45) is 0.814. The van der Waals surface area contributed by atoms with E-state index in [2.05, 4.69) is 0 Å². The fourth-order valence-corrected chi connectivity index (χ4v) is 4.45. The van der Waals surface area contributed by atoms with Crippen LogP contribution in [0.25, 0.3) is 0 Å². The molecule has 2 aromatic carbocycles. The second-order valence-electron chi connectivity index (χ2n) is 7.12. The van der Waals surface area contributed by atoms with Crippen LogP contribution in [0.5, 0.6) is 23.0 Å². The van der Waals surface area contributed by atoms with Crippen LogP contribution in [0.1, 0.15) is 27.0 Å². The average molecular weight is 367 g/mol. The second-order valence-corrected chi connectivity index (χ2v) is 7.12. The summed E-state index contributed by atoms with van der Waals surface area (Å²) in [6.45, 7) is 1.34. The molecule has 0 bridgehead atoms. The average Bonchev–Trinajstić information content (AvgIpc) is 3.34. The number of hydrogen-bond donors (Lipinski definition) is 0. The molecule has 0 unspecified atom stereocenters. The lowest BCUT2D eigenvalue weighted by Gasteiger charge is -2.46. The highest BCUT2D eigenvalue weighted by Gasteiger charge is 2.53. The summed E-state index contributed by atoms with van der Waals surface area (Å²) < 4.78 is 28.4. The Kier molecular flexibility index (Phi) is 2.92. The van der Waals surface area contributed by atoms with Gasteiger partial charge in [0, 0.05) is 23.2 Å². The zero-order valence-electron chi connectivity index (χ0n) is 14.7. The van der Waals surface area contributed by atoms with Gasteiger partial charge in [-0.2, -0.15) is 0 Å². The van der Waals surface area contributed by atoms with Crippen molar-refractivity contribution in [2.45, 2.75) is 18.8 Å². The van der Waals surface area contributed by atoms with Gasteiger partial charge in [0.1, 0.15) is 0 Å². The molecule has 6 rings (SSSR count). The van der Waals surface area contributed by atoms with E-state index >= 15 is 0 Å². The third-order valence-electron chi connectivity index (χ3n) is 5.84. The van der Waals surface area contributed by atoms with Crippen LogP contribution in [0.4, 0.5) is 0 Å². The first-order chi connectivity index (χ1) is 13.2. The smallest absolute Gasteiger partial charge is 0.231 e. The molecule has 1 spiro atoms. The first-order valence-corrected chi connectivity index (χ1v) is 8.93. The zero-order chi connectivity index (χ0) is 18.2. The molecule has 1 atom stereocenters.